The molecular formula is C11H12N2O2. The van der Waals surface area contributed by atoms with Crippen LogP contribution in [0.15, 0.2) is 29.3 Å². The first kappa shape index (κ1) is 9.86. The summed E-state index contributed by atoms with van der Waals surface area (Å²) < 4.78 is 0. The predicted molar refractivity (Wildman–Crippen MR) is 55.7 cm³/mol. The molecule has 2 rings (SSSR count). The first-order valence-corrected chi connectivity index (χ1v) is 4.78. The maximum atomic E-state index is 10.6. The van der Waals surface area contributed by atoms with Crippen molar-refractivity contribution in [3.8, 4) is 0 Å². The summed E-state index contributed by atoms with van der Waals surface area (Å²) in [6.45, 7) is 0.570. The molecule has 78 valence electrons. The van der Waals surface area contributed by atoms with Gasteiger partial charge in [0.25, 0.3) is 0 Å². The van der Waals surface area contributed by atoms with Gasteiger partial charge in [0.05, 0.1) is 11.9 Å². The molecule has 3 N–H and O–H groups in total. The van der Waals surface area contributed by atoms with Crippen LogP contribution in [0, 0.1) is 0 Å². The maximum Gasteiger partial charge on any atom is 0.320 e. The van der Waals surface area contributed by atoms with Gasteiger partial charge in [-0.2, -0.15) is 0 Å². The molecule has 0 unspecified atom stereocenters. The van der Waals surface area contributed by atoms with E-state index in [1.807, 2.05) is 24.3 Å². The summed E-state index contributed by atoms with van der Waals surface area (Å²) in [4.78, 5) is 14.9. The molecule has 0 aromatic heterocycles. The molecule has 1 aromatic carbocycles. The molecule has 15 heavy (non-hydrogen) atoms. The van der Waals surface area contributed by atoms with Crippen molar-refractivity contribution in [3.63, 3.8) is 0 Å². The van der Waals surface area contributed by atoms with Gasteiger partial charge >= 0.3 is 5.97 Å². The number of carboxylic acids is 1. The number of hydrogen-bond donors (Lipinski definition) is 2. The Hall–Kier alpha value is -1.68. The Labute approximate surface area is 86.8 Å². The molecule has 1 aromatic rings. The van der Waals surface area contributed by atoms with Crippen LogP contribution in [0.2, 0.25) is 0 Å². The second-order valence-corrected chi connectivity index (χ2v) is 3.59. The van der Waals surface area contributed by atoms with Gasteiger partial charge in [-0.25, -0.2) is 0 Å². The van der Waals surface area contributed by atoms with Crippen LogP contribution in [0.1, 0.15) is 6.42 Å². The van der Waals surface area contributed by atoms with Crippen LogP contribution in [-0.4, -0.2) is 23.7 Å². The molecule has 4 nitrogen and oxygen atoms in total. The lowest BCUT2D eigenvalue weighted by Crippen LogP contribution is -2.32. The lowest BCUT2D eigenvalue weighted by Gasteiger charge is -2.05. The van der Waals surface area contributed by atoms with Gasteiger partial charge in [0.1, 0.15) is 6.04 Å². The molecule has 1 heterocycles. The summed E-state index contributed by atoms with van der Waals surface area (Å²) >= 11 is 0. The van der Waals surface area contributed by atoms with Crippen LogP contribution >= 0.6 is 0 Å². The third-order valence-electron chi connectivity index (χ3n) is 2.51. The van der Waals surface area contributed by atoms with Crippen molar-refractivity contribution in [1.29, 1.82) is 0 Å². The van der Waals surface area contributed by atoms with E-state index in [9.17, 15) is 4.79 Å². The minimum Gasteiger partial charge on any atom is -0.480 e. The number of nitrogens with zero attached hydrogens (tertiary/aromatic N) is 1. The maximum absolute atomic E-state index is 10.6. The first-order chi connectivity index (χ1) is 7.18. The van der Waals surface area contributed by atoms with E-state index in [-0.39, 0.29) is 0 Å². The number of hydrogen-bond acceptors (Lipinski definition) is 3. The van der Waals surface area contributed by atoms with E-state index in [0.29, 0.717) is 13.0 Å². The largest absolute Gasteiger partial charge is 0.480 e. The standard InChI is InChI=1S/C11H12N2O2/c12-9(11(14)15)5-7-6-13-10-4-2-1-3-8(7)10/h1-4,9H,5-6,12H2,(H,14,15)/t9-/m0/s1. The SMILES string of the molecule is N[C@@H](CC1=c2ccccc2=NC1)C(=O)O. The molecule has 0 saturated heterocycles. The minimum atomic E-state index is -0.966. The van der Waals surface area contributed by atoms with E-state index < -0.39 is 12.0 Å². The van der Waals surface area contributed by atoms with Gasteiger partial charge in [-0.15, -0.1) is 0 Å². The molecule has 0 aliphatic carbocycles. The average Bonchev–Trinajstić information content (AvgIpc) is 2.62. The van der Waals surface area contributed by atoms with Gasteiger partial charge in [0.2, 0.25) is 0 Å². The number of fused-ring (bicyclic) bond motifs is 1. The Morgan fingerprint density at radius 3 is 3.00 bits per heavy atom. The van der Waals surface area contributed by atoms with E-state index in [4.69, 9.17) is 10.8 Å². The van der Waals surface area contributed by atoms with E-state index in [2.05, 4.69) is 4.99 Å². The molecule has 0 saturated carbocycles. The Kier molecular flexibility index (Phi) is 2.51. The fourth-order valence-electron chi connectivity index (χ4n) is 1.70. The lowest BCUT2D eigenvalue weighted by atomic mass is 10.1. The van der Waals surface area contributed by atoms with Crippen molar-refractivity contribution in [2.24, 2.45) is 10.7 Å². The Morgan fingerprint density at radius 1 is 1.53 bits per heavy atom. The smallest absolute Gasteiger partial charge is 0.320 e. The average molecular weight is 204 g/mol. The zero-order valence-electron chi connectivity index (χ0n) is 8.18. The highest BCUT2D eigenvalue weighted by atomic mass is 16.4. The third kappa shape index (κ3) is 1.89. The molecule has 1 atom stereocenters. The summed E-state index contributed by atoms with van der Waals surface area (Å²) in [6.07, 6.45) is 0.371. The van der Waals surface area contributed by atoms with Crippen LogP contribution in [-0.2, 0) is 4.79 Å². The van der Waals surface area contributed by atoms with Crippen LogP contribution in [0.5, 0.6) is 0 Å². The van der Waals surface area contributed by atoms with Crippen molar-refractivity contribution in [1.82, 2.24) is 0 Å². The summed E-state index contributed by atoms with van der Waals surface area (Å²) in [5.74, 6) is -0.966. The summed E-state index contributed by atoms with van der Waals surface area (Å²) in [6, 6.07) is 6.89. The molecule has 0 fully saturated rings. The van der Waals surface area contributed by atoms with Crippen molar-refractivity contribution in [2.75, 3.05) is 6.54 Å². The quantitative estimate of drug-likeness (QED) is 0.681. The fraction of sp³-hybridized carbons (Fsp3) is 0.273. The van der Waals surface area contributed by atoms with Crippen LogP contribution in [0.25, 0.3) is 5.57 Å². The van der Waals surface area contributed by atoms with Gasteiger partial charge in [0, 0.05) is 5.22 Å². The van der Waals surface area contributed by atoms with Crippen molar-refractivity contribution in [2.45, 2.75) is 12.5 Å². The molecule has 4 heteroatoms. The number of carboxylic acid groups (broad SMARTS) is 1. The zero-order valence-corrected chi connectivity index (χ0v) is 8.18. The van der Waals surface area contributed by atoms with Crippen molar-refractivity contribution < 1.29 is 9.90 Å². The Balaban J connectivity index is 2.34. The summed E-state index contributed by atoms with van der Waals surface area (Å²) in [5, 5.41) is 10.7. The molecule has 0 amide bonds. The number of rotatable bonds is 3. The highest BCUT2D eigenvalue weighted by molar-refractivity contribution is 5.75. The Morgan fingerprint density at radius 2 is 2.27 bits per heavy atom. The molecule has 0 bridgehead atoms. The van der Waals surface area contributed by atoms with E-state index in [0.717, 1.165) is 16.1 Å². The van der Waals surface area contributed by atoms with Crippen LogP contribution in [0.3, 0.4) is 0 Å². The highest BCUT2D eigenvalue weighted by Crippen LogP contribution is 2.06. The highest BCUT2D eigenvalue weighted by Gasteiger charge is 2.15. The molecule has 0 radical (unpaired) electrons. The van der Waals surface area contributed by atoms with Crippen LogP contribution in [0.4, 0.5) is 0 Å². The molecule has 1 aliphatic heterocycles. The fourth-order valence-corrected chi connectivity index (χ4v) is 1.70. The third-order valence-corrected chi connectivity index (χ3v) is 2.51. The minimum absolute atomic E-state index is 0.371. The van der Waals surface area contributed by atoms with Gasteiger partial charge < -0.3 is 10.8 Å². The van der Waals surface area contributed by atoms with Gasteiger partial charge in [-0.3, -0.25) is 9.79 Å². The molecule has 1 aliphatic rings. The Bertz CT molecular complexity index is 508. The topological polar surface area (TPSA) is 75.7 Å². The monoisotopic (exact) mass is 204 g/mol. The van der Waals surface area contributed by atoms with E-state index >= 15 is 0 Å². The number of aliphatic carboxylic acids is 1. The number of benzene rings is 1. The lowest BCUT2D eigenvalue weighted by molar-refractivity contribution is -0.138. The molecule has 0 spiro atoms. The molecular weight excluding hydrogens is 192 g/mol. The van der Waals surface area contributed by atoms with Crippen molar-refractivity contribution in [3.05, 3.63) is 34.8 Å². The van der Waals surface area contributed by atoms with Gasteiger partial charge in [-0.05, 0) is 18.1 Å². The van der Waals surface area contributed by atoms with E-state index in [1.54, 1.807) is 0 Å². The number of para-hydroxylation sites is 1. The van der Waals surface area contributed by atoms with Gasteiger partial charge in [0.15, 0.2) is 0 Å². The first-order valence-electron chi connectivity index (χ1n) is 4.78. The summed E-state index contributed by atoms with van der Waals surface area (Å²) in [5.41, 5.74) is 6.51. The normalized spacial score (nSPS) is 15.7. The van der Waals surface area contributed by atoms with Crippen molar-refractivity contribution >= 4 is 11.5 Å². The zero-order chi connectivity index (χ0) is 10.8. The number of carbonyl (C=O) groups is 1. The second-order valence-electron chi connectivity index (χ2n) is 3.59. The van der Waals surface area contributed by atoms with E-state index in [1.165, 1.54) is 0 Å². The van der Waals surface area contributed by atoms with Gasteiger partial charge in [-0.1, -0.05) is 18.2 Å². The second kappa shape index (κ2) is 3.82. The van der Waals surface area contributed by atoms with Crippen LogP contribution < -0.4 is 16.3 Å². The predicted octanol–water partition coefficient (Wildman–Crippen LogP) is -0.728. The number of nitrogens with two attached hydrogens (primary N) is 1. The summed E-state index contributed by atoms with van der Waals surface area (Å²) in [7, 11) is 0.